The van der Waals surface area contributed by atoms with Gasteiger partial charge in [-0.05, 0) is 25.0 Å². The van der Waals surface area contributed by atoms with E-state index in [9.17, 15) is 5.11 Å². The number of aliphatic hydroxyl groups is 1. The number of rotatable bonds is 5. The molecular weight excluding hydrogens is 230 g/mol. The average molecular weight is 251 g/mol. The van der Waals surface area contributed by atoms with Crippen LogP contribution in [0.2, 0.25) is 0 Å². The zero-order valence-corrected chi connectivity index (χ0v) is 10.8. The minimum Gasteiger partial charge on any atom is -0.508 e. The van der Waals surface area contributed by atoms with Gasteiger partial charge in [-0.3, -0.25) is 0 Å². The summed E-state index contributed by atoms with van der Waals surface area (Å²) < 4.78 is 5.25. The predicted octanol–water partition coefficient (Wildman–Crippen LogP) is 1.54. The van der Waals surface area contributed by atoms with Gasteiger partial charge in [0.05, 0.1) is 12.6 Å². The first-order valence-electron chi connectivity index (χ1n) is 6.45. The number of phenolic OH excluding ortho intramolecular Hbond substituents is 1. The molecule has 1 unspecified atom stereocenters. The number of ether oxygens (including phenoxy) is 1. The molecule has 1 fully saturated rings. The number of hydrogen-bond donors (Lipinski definition) is 2. The Kier molecular flexibility index (Phi) is 4.44. The average Bonchev–Trinajstić information content (AvgIpc) is 2.81. The Balaban J connectivity index is 2.28. The van der Waals surface area contributed by atoms with E-state index in [0.717, 1.165) is 30.6 Å². The molecule has 1 atom stereocenters. The molecule has 0 bridgehead atoms. The second-order valence-corrected chi connectivity index (χ2v) is 4.69. The van der Waals surface area contributed by atoms with Gasteiger partial charge in [0.25, 0.3) is 0 Å². The Morgan fingerprint density at radius 1 is 1.44 bits per heavy atom. The van der Waals surface area contributed by atoms with Crippen LogP contribution >= 0.6 is 0 Å². The van der Waals surface area contributed by atoms with Crippen molar-refractivity contribution in [1.82, 2.24) is 0 Å². The van der Waals surface area contributed by atoms with Crippen LogP contribution in [0.1, 0.15) is 18.4 Å². The second kappa shape index (κ2) is 6.07. The minimum absolute atomic E-state index is 0.0490. The molecular formula is C14H21NO3. The fourth-order valence-corrected chi connectivity index (χ4v) is 2.72. The van der Waals surface area contributed by atoms with Crippen molar-refractivity contribution in [2.24, 2.45) is 0 Å². The van der Waals surface area contributed by atoms with Crippen LogP contribution in [0.15, 0.2) is 18.2 Å². The summed E-state index contributed by atoms with van der Waals surface area (Å²) in [6.07, 6.45) is 2.74. The highest BCUT2D eigenvalue weighted by atomic mass is 16.5. The van der Waals surface area contributed by atoms with Crippen molar-refractivity contribution < 1.29 is 14.9 Å². The van der Waals surface area contributed by atoms with Crippen molar-refractivity contribution in [2.45, 2.75) is 25.3 Å². The minimum atomic E-state index is 0.0490. The summed E-state index contributed by atoms with van der Waals surface area (Å²) in [5.41, 5.74) is 1.87. The highest BCUT2D eigenvalue weighted by molar-refractivity contribution is 5.60. The third kappa shape index (κ3) is 2.60. The van der Waals surface area contributed by atoms with Crippen molar-refractivity contribution >= 4 is 5.69 Å². The third-order valence-electron chi connectivity index (χ3n) is 3.53. The van der Waals surface area contributed by atoms with Crippen LogP contribution in [-0.2, 0) is 11.2 Å². The highest BCUT2D eigenvalue weighted by Crippen LogP contribution is 2.33. The predicted molar refractivity (Wildman–Crippen MR) is 71.1 cm³/mol. The third-order valence-corrected chi connectivity index (χ3v) is 3.53. The van der Waals surface area contributed by atoms with Gasteiger partial charge in [-0.25, -0.2) is 0 Å². The van der Waals surface area contributed by atoms with E-state index in [2.05, 4.69) is 4.90 Å². The van der Waals surface area contributed by atoms with Crippen molar-refractivity contribution in [3.8, 4) is 5.75 Å². The van der Waals surface area contributed by atoms with Crippen LogP contribution in [0.5, 0.6) is 5.75 Å². The molecule has 1 aromatic rings. The van der Waals surface area contributed by atoms with Crippen molar-refractivity contribution in [2.75, 3.05) is 31.8 Å². The van der Waals surface area contributed by atoms with Gasteiger partial charge < -0.3 is 19.8 Å². The van der Waals surface area contributed by atoms with Gasteiger partial charge in [-0.2, -0.15) is 0 Å². The topological polar surface area (TPSA) is 52.9 Å². The van der Waals surface area contributed by atoms with Gasteiger partial charge in [0, 0.05) is 37.9 Å². The number of benzene rings is 1. The highest BCUT2D eigenvalue weighted by Gasteiger charge is 2.26. The number of anilines is 1. The molecule has 4 heteroatoms. The summed E-state index contributed by atoms with van der Waals surface area (Å²) in [4.78, 5) is 2.29. The van der Waals surface area contributed by atoms with Crippen LogP contribution < -0.4 is 4.90 Å². The first kappa shape index (κ1) is 13.2. The first-order valence-corrected chi connectivity index (χ1v) is 6.45. The molecule has 0 spiro atoms. The number of hydrogen-bond acceptors (Lipinski definition) is 4. The lowest BCUT2D eigenvalue weighted by atomic mass is 10.1. The number of aromatic hydroxyl groups is 1. The Bertz CT molecular complexity index is 395. The van der Waals surface area contributed by atoms with E-state index < -0.39 is 0 Å². The largest absolute Gasteiger partial charge is 0.508 e. The summed E-state index contributed by atoms with van der Waals surface area (Å²) in [5, 5.41) is 19.1. The molecule has 1 saturated heterocycles. The molecule has 4 nitrogen and oxygen atoms in total. The summed E-state index contributed by atoms with van der Waals surface area (Å²) in [6, 6.07) is 5.91. The van der Waals surface area contributed by atoms with E-state index in [0.29, 0.717) is 19.1 Å². The molecule has 1 aromatic carbocycles. The molecule has 100 valence electrons. The zero-order valence-electron chi connectivity index (χ0n) is 10.8. The van der Waals surface area contributed by atoms with Gasteiger partial charge in [-0.1, -0.05) is 6.07 Å². The smallest absolute Gasteiger partial charge is 0.120 e. The summed E-state index contributed by atoms with van der Waals surface area (Å²) in [6.45, 7) is 1.73. The zero-order chi connectivity index (χ0) is 13.0. The monoisotopic (exact) mass is 251 g/mol. The van der Waals surface area contributed by atoms with Crippen LogP contribution in [-0.4, -0.2) is 43.1 Å². The molecule has 0 aromatic heterocycles. The number of nitrogens with zero attached hydrogens (tertiary/aromatic N) is 1. The van der Waals surface area contributed by atoms with Gasteiger partial charge in [0.1, 0.15) is 5.75 Å². The number of methoxy groups -OCH3 is 1. The quantitative estimate of drug-likeness (QED) is 0.833. The maximum absolute atomic E-state index is 9.93. The fraction of sp³-hybridized carbons (Fsp3) is 0.571. The lowest BCUT2D eigenvalue weighted by molar-refractivity contribution is 0.180. The standard InChI is InChI=1S/C14H21NO3/c1-18-10-11-4-3-8-15(11)13-5-2-6-14(17)12(13)7-9-16/h2,5-6,11,16-17H,3-4,7-10H2,1H3. The van der Waals surface area contributed by atoms with Crippen LogP contribution in [0.4, 0.5) is 5.69 Å². The normalized spacial score (nSPS) is 19.4. The van der Waals surface area contributed by atoms with E-state index >= 15 is 0 Å². The molecule has 0 aliphatic carbocycles. The molecule has 2 N–H and O–H groups in total. The SMILES string of the molecule is COCC1CCCN1c1cccc(O)c1CCO. The number of aliphatic hydroxyl groups excluding tert-OH is 1. The van der Waals surface area contributed by atoms with E-state index in [1.807, 2.05) is 12.1 Å². The lowest BCUT2D eigenvalue weighted by Gasteiger charge is -2.28. The van der Waals surface area contributed by atoms with Crippen molar-refractivity contribution in [1.29, 1.82) is 0 Å². The Labute approximate surface area is 108 Å². The van der Waals surface area contributed by atoms with Gasteiger partial charge >= 0.3 is 0 Å². The van der Waals surface area contributed by atoms with Crippen LogP contribution in [0.25, 0.3) is 0 Å². The maximum atomic E-state index is 9.93. The first-order chi connectivity index (χ1) is 8.77. The van der Waals surface area contributed by atoms with Crippen molar-refractivity contribution in [3.63, 3.8) is 0 Å². The lowest BCUT2D eigenvalue weighted by Crippen LogP contribution is -2.33. The van der Waals surface area contributed by atoms with Gasteiger partial charge in [0.2, 0.25) is 0 Å². The van der Waals surface area contributed by atoms with Gasteiger partial charge in [0.15, 0.2) is 0 Å². The molecule has 18 heavy (non-hydrogen) atoms. The van der Waals surface area contributed by atoms with E-state index in [-0.39, 0.29) is 12.4 Å². The molecule has 0 amide bonds. The van der Waals surface area contributed by atoms with E-state index in [1.54, 1.807) is 13.2 Å². The summed E-state index contributed by atoms with van der Waals surface area (Å²) >= 11 is 0. The molecule has 1 aliphatic rings. The molecule has 0 radical (unpaired) electrons. The van der Waals surface area contributed by atoms with Crippen LogP contribution in [0, 0.1) is 0 Å². The summed E-state index contributed by atoms with van der Waals surface area (Å²) in [7, 11) is 1.72. The summed E-state index contributed by atoms with van der Waals surface area (Å²) in [5.74, 6) is 0.268. The van der Waals surface area contributed by atoms with Crippen LogP contribution in [0.3, 0.4) is 0 Å². The molecule has 0 saturated carbocycles. The van der Waals surface area contributed by atoms with E-state index in [4.69, 9.17) is 9.84 Å². The number of phenols is 1. The Morgan fingerprint density at radius 3 is 3.00 bits per heavy atom. The molecule has 1 aliphatic heterocycles. The second-order valence-electron chi connectivity index (χ2n) is 4.69. The molecule has 2 rings (SSSR count). The van der Waals surface area contributed by atoms with E-state index in [1.165, 1.54) is 0 Å². The molecule has 1 heterocycles. The van der Waals surface area contributed by atoms with Crippen molar-refractivity contribution in [3.05, 3.63) is 23.8 Å². The fourth-order valence-electron chi connectivity index (χ4n) is 2.72. The van der Waals surface area contributed by atoms with Gasteiger partial charge in [-0.15, -0.1) is 0 Å². The Hall–Kier alpha value is -1.26. The maximum Gasteiger partial charge on any atom is 0.120 e. The Morgan fingerprint density at radius 2 is 2.28 bits per heavy atom.